The van der Waals surface area contributed by atoms with E-state index in [0.717, 1.165) is 0 Å². The molecular weight excluding hydrogens is 184 g/mol. The van der Waals surface area contributed by atoms with Gasteiger partial charge in [0.15, 0.2) is 6.10 Å². The summed E-state index contributed by atoms with van der Waals surface area (Å²) in [5, 5.41) is 42.8. The molecule has 0 heterocycles. The molecule has 0 bridgehead atoms. The number of hydrogen-bond acceptors (Lipinski definition) is 6. The van der Waals surface area contributed by atoms with Gasteiger partial charge in [0.2, 0.25) is 0 Å². The minimum absolute atomic E-state index is 0.884. The molecule has 0 spiro atoms. The Morgan fingerprint density at radius 3 is 1.92 bits per heavy atom. The summed E-state index contributed by atoms with van der Waals surface area (Å²) >= 11 is 0. The monoisotopic (exact) mass is 194 g/mol. The van der Waals surface area contributed by atoms with Crippen LogP contribution in [0, 0.1) is 0 Å². The quantitative estimate of drug-likeness (QED) is 0.289. The summed E-state index contributed by atoms with van der Waals surface area (Å²) in [6.45, 7) is -0.884. The van der Waals surface area contributed by atoms with Gasteiger partial charge in [-0.15, -0.1) is 0 Å². The Kier molecular flexibility index (Phi) is 4.49. The third-order valence-electron chi connectivity index (χ3n) is 1.38. The summed E-state index contributed by atoms with van der Waals surface area (Å²) in [6, 6.07) is 0. The lowest BCUT2D eigenvalue weighted by Crippen LogP contribution is -2.46. The average Bonchev–Trinajstić information content (AvgIpc) is 2.12. The molecule has 0 fully saturated rings. The number of ketones is 1. The maximum Gasteiger partial charge on any atom is 0.375 e. The number of carbonyl (C=O) groups is 2. The van der Waals surface area contributed by atoms with Gasteiger partial charge in [0.05, 0.1) is 6.61 Å². The SMILES string of the molecule is O=C(O)C(=O)[C@@H](O)[C@@H](O)C(O)CO. The number of carbonyl (C=O) groups excluding carboxylic acids is 1. The van der Waals surface area contributed by atoms with E-state index in [1.165, 1.54) is 0 Å². The van der Waals surface area contributed by atoms with Crippen LogP contribution in [-0.2, 0) is 9.59 Å². The van der Waals surface area contributed by atoms with Gasteiger partial charge in [0.25, 0.3) is 5.78 Å². The number of rotatable bonds is 5. The second-order valence-electron chi connectivity index (χ2n) is 2.35. The maximum absolute atomic E-state index is 10.5. The van der Waals surface area contributed by atoms with Crippen LogP contribution < -0.4 is 0 Å². The fourth-order valence-corrected chi connectivity index (χ4v) is 0.600. The van der Waals surface area contributed by atoms with Gasteiger partial charge >= 0.3 is 5.97 Å². The number of carboxylic acid groups (broad SMARTS) is 1. The Balaban J connectivity index is 4.33. The highest BCUT2D eigenvalue weighted by Crippen LogP contribution is 2.01. The van der Waals surface area contributed by atoms with E-state index in [-0.39, 0.29) is 0 Å². The topological polar surface area (TPSA) is 135 Å². The van der Waals surface area contributed by atoms with Gasteiger partial charge in [-0.2, -0.15) is 0 Å². The standard InChI is InChI=1S/C6H10O7/c7-1-2(8)3(9)4(10)5(11)6(12)13/h2-4,7-10H,1H2,(H,12,13)/t2?,3-,4-/m0/s1. The molecule has 0 aliphatic heterocycles. The molecule has 7 heteroatoms. The number of aliphatic hydroxyl groups is 4. The Hall–Kier alpha value is -1.02. The average molecular weight is 194 g/mol. The van der Waals surface area contributed by atoms with Crippen LogP contribution in [0.1, 0.15) is 0 Å². The molecule has 0 aromatic carbocycles. The van der Waals surface area contributed by atoms with E-state index in [2.05, 4.69) is 0 Å². The third kappa shape index (κ3) is 3.07. The number of carboxylic acids is 1. The summed E-state index contributed by atoms with van der Waals surface area (Å²) in [5.74, 6) is -3.56. The van der Waals surface area contributed by atoms with Crippen LogP contribution in [0.5, 0.6) is 0 Å². The van der Waals surface area contributed by atoms with Crippen LogP contribution in [0.3, 0.4) is 0 Å². The minimum atomic E-state index is -2.24. The van der Waals surface area contributed by atoms with Crippen molar-refractivity contribution in [2.24, 2.45) is 0 Å². The fourth-order valence-electron chi connectivity index (χ4n) is 0.600. The molecule has 0 aliphatic rings. The summed E-state index contributed by atoms with van der Waals surface area (Å²) in [7, 11) is 0. The van der Waals surface area contributed by atoms with Crippen LogP contribution in [0.25, 0.3) is 0 Å². The van der Waals surface area contributed by atoms with Crippen molar-refractivity contribution in [3.63, 3.8) is 0 Å². The number of Topliss-reactive ketones (excluding diaryl/α,β-unsaturated/α-hetero) is 1. The molecule has 0 saturated heterocycles. The molecule has 13 heavy (non-hydrogen) atoms. The lowest BCUT2D eigenvalue weighted by atomic mass is 10.1. The molecule has 0 aliphatic carbocycles. The summed E-state index contributed by atoms with van der Waals surface area (Å²) in [5.41, 5.74) is 0. The molecule has 3 atom stereocenters. The molecule has 0 radical (unpaired) electrons. The predicted molar refractivity (Wildman–Crippen MR) is 37.7 cm³/mol. The first-order valence-corrected chi connectivity index (χ1v) is 3.34. The van der Waals surface area contributed by atoms with Gasteiger partial charge in [-0.3, -0.25) is 4.79 Å². The van der Waals surface area contributed by atoms with Crippen molar-refractivity contribution in [3.05, 3.63) is 0 Å². The molecule has 0 aromatic heterocycles. The van der Waals surface area contributed by atoms with Crippen molar-refractivity contribution >= 4 is 11.8 Å². The first kappa shape index (κ1) is 12.0. The van der Waals surface area contributed by atoms with Crippen LogP contribution in [0.4, 0.5) is 0 Å². The highest BCUT2D eigenvalue weighted by molar-refractivity contribution is 6.34. The van der Waals surface area contributed by atoms with E-state index < -0.39 is 36.7 Å². The molecule has 0 saturated carbocycles. The Bertz CT molecular complexity index is 201. The maximum atomic E-state index is 10.5. The van der Waals surface area contributed by atoms with Crippen LogP contribution in [0.2, 0.25) is 0 Å². The molecule has 0 amide bonds. The van der Waals surface area contributed by atoms with Crippen molar-refractivity contribution in [2.45, 2.75) is 18.3 Å². The first-order valence-electron chi connectivity index (χ1n) is 3.34. The van der Waals surface area contributed by atoms with Crippen molar-refractivity contribution in [3.8, 4) is 0 Å². The third-order valence-corrected chi connectivity index (χ3v) is 1.38. The van der Waals surface area contributed by atoms with Crippen molar-refractivity contribution in [1.82, 2.24) is 0 Å². The summed E-state index contributed by atoms with van der Waals surface area (Å²) in [4.78, 5) is 20.5. The molecule has 76 valence electrons. The Morgan fingerprint density at radius 2 is 1.62 bits per heavy atom. The van der Waals surface area contributed by atoms with E-state index >= 15 is 0 Å². The van der Waals surface area contributed by atoms with Gasteiger partial charge in [0.1, 0.15) is 12.2 Å². The molecule has 5 N–H and O–H groups in total. The van der Waals surface area contributed by atoms with Crippen LogP contribution in [-0.4, -0.2) is 62.2 Å². The molecular formula is C6H10O7. The number of aliphatic carboxylic acids is 1. The summed E-state index contributed by atoms with van der Waals surface area (Å²) in [6.07, 6.45) is -5.99. The van der Waals surface area contributed by atoms with Gasteiger partial charge in [-0.1, -0.05) is 0 Å². The van der Waals surface area contributed by atoms with E-state index in [4.69, 9.17) is 25.5 Å². The van der Waals surface area contributed by atoms with Gasteiger partial charge in [0, 0.05) is 0 Å². The smallest absolute Gasteiger partial charge is 0.375 e. The van der Waals surface area contributed by atoms with Crippen LogP contribution in [0.15, 0.2) is 0 Å². The molecule has 1 unspecified atom stereocenters. The van der Waals surface area contributed by atoms with E-state index in [1.54, 1.807) is 0 Å². The van der Waals surface area contributed by atoms with Crippen LogP contribution >= 0.6 is 0 Å². The van der Waals surface area contributed by atoms with E-state index in [0.29, 0.717) is 0 Å². The number of aliphatic hydroxyl groups excluding tert-OH is 4. The zero-order valence-corrected chi connectivity index (χ0v) is 6.49. The zero-order valence-electron chi connectivity index (χ0n) is 6.49. The molecule has 7 nitrogen and oxygen atoms in total. The van der Waals surface area contributed by atoms with Gasteiger partial charge in [-0.05, 0) is 0 Å². The van der Waals surface area contributed by atoms with E-state index in [9.17, 15) is 9.59 Å². The normalized spacial score (nSPS) is 17.5. The number of hydrogen-bond donors (Lipinski definition) is 5. The Labute approximate surface area is 72.9 Å². The second kappa shape index (κ2) is 4.87. The van der Waals surface area contributed by atoms with Gasteiger partial charge in [-0.25, -0.2) is 4.79 Å². The predicted octanol–water partition coefficient (Wildman–Crippen LogP) is -3.28. The Morgan fingerprint density at radius 1 is 1.15 bits per heavy atom. The minimum Gasteiger partial charge on any atom is -0.475 e. The lowest BCUT2D eigenvalue weighted by Gasteiger charge is -2.18. The van der Waals surface area contributed by atoms with E-state index in [1.807, 2.05) is 0 Å². The largest absolute Gasteiger partial charge is 0.475 e. The molecule has 0 aromatic rings. The second-order valence-corrected chi connectivity index (χ2v) is 2.35. The highest BCUT2D eigenvalue weighted by atomic mass is 16.4. The zero-order chi connectivity index (χ0) is 10.6. The first-order chi connectivity index (χ1) is 5.91. The van der Waals surface area contributed by atoms with Crippen molar-refractivity contribution in [2.75, 3.05) is 6.61 Å². The highest BCUT2D eigenvalue weighted by Gasteiger charge is 2.33. The van der Waals surface area contributed by atoms with Gasteiger partial charge < -0.3 is 25.5 Å². The van der Waals surface area contributed by atoms with Crippen molar-refractivity contribution < 1.29 is 35.1 Å². The summed E-state index contributed by atoms with van der Waals surface area (Å²) < 4.78 is 0. The lowest BCUT2D eigenvalue weighted by molar-refractivity contribution is -0.159. The molecule has 0 rings (SSSR count). The fraction of sp³-hybridized carbons (Fsp3) is 0.667. The van der Waals surface area contributed by atoms with Crippen molar-refractivity contribution in [1.29, 1.82) is 0 Å².